The molecule has 0 radical (unpaired) electrons. The maximum absolute atomic E-state index is 13.3. The Bertz CT molecular complexity index is 993. The monoisotopic (exact) mass is 438 g/mol. The van der Waals surface area contributed by atoms with E-state index in [1.165, 1.54) is 44.4 Å². The van der Waals surface area contributed by atoms with E-state index in [1.807, 2.05) is 0 Å². The van der Waals surface area contributed by atoms with Gasteiger partial charge in [-0.25, -0.2) is 17.1 Å². The van der Waals surface area contributed by atoms with Crippen molar-refractivity contribution in [1.29, 1.82) is 0 Å². The lowest BCUT2D eigenvalue weighted by atomic mass is 9.94. The summed E-state index contributed by atoms with van der Waals surface area (Å²) in [5.41, 5.74) is 1.13. The Kier molecular flexibility index (Phi) is 6.61. The number of hydrogen-bond donors (Lipinski definition) is 0. The van der Waals surface area contributed by atoms with Crippen LogP contribution in [-0.4, -0.2) is 50.2 Å². The molecule has 0 aromatic heterocycles. The van der Waals surface area contributed by atoms with Crippen molar-refractivity contribution in [3.63, 3.8) is 0 Å². The van der Waals surface area contributed by atoms with Crippen LogP contribution in [0.2, 0.25) is 5.02 Å². The molecule has 156 valence electrons. The van der Waals surface area contributed by atoms with Gasteiger partial charge in [0.2, 0.25) is 10.0 Å². The second kappa shape index (κ2) is 8.81. The van der Waals surface area contributed by atoms with E-state index in [2.05, 4.69) is 0 Å². The van der Waals surface area contributed by atoms with Crippen molar-refractivity contribution >= 4 is 27.5 Å². The summed E-state index contributed by atoms with van der Waals surface area (Å²) in [4.78, 5) is 15.1. The summed E-state index contributed by atoms with van der Waals surface area (Å²) in [7, 11) is -0.800. The molecular weight excluding hydrogens is 415 g/mol. The van der Waals surface area contributed by atoms with Gasteiger partial charge in [0, 0.05) is 26.7 Å². The Balaban J connectivity index is 1.90. The first-order valence-corrected chi connectivity index (χ1v) is 11.3. The van der Waals surface area contributed by atoms with Crippen molar-refractivity contribution in [2.24, 2.45) is 0 Å². The van der Waals surface area contributed by atoms with Crippen LogP contribution < -0.4 is 0 Å². The van der Waals surface area contributed by atoms with Gasteiger partial charge in [-0.3, -0.25) is 4.79 Å². The molecule has 1 fully saturated rings. The normalized spacial score (nSPS) is 17.6. The predicted molar refractivity (Wildman–Crippen MR) is 111 cm³/mol. The van der Waals surface area contributed by atoms with Crippen LogP contribution in [0.1, 0.15) is 35.2 Å². The predicted octanol–water partition coefficient (Wildman–Crippen LogP) is 3.97. The molecule has 0 bridgehead atoms. The summed E-state index contributed by atoms with van der Waals surface area (Å²) in [5, 5.41) is 0.221. The minimum atomic E-state index is -3.68. The molecule has 5 nitrogen and oxygen atoms in total. The number of piperidine rings is 1. The first kappa shape index (κ1) is 21.7. The van der Waals surface area contributed by atoms with E-state index in [1.54, 1.807) is 17.0 Å². The van der Waals surface area contributed by atoms with Gasteiger partial charge in [0.05, 0.1) is 15.5 Å². The molecule has 1 aliphatic heterocycles. The van der Waals surface area contributed by atoms with Gasteiger partial charge in [0.15, 0.2) is 0 Å². The highest BCUT2D eigenvalue weighted by molar-refractivity contribution is 7.89. The van der Waals surface area contributed by atoms with Crippen LogP contribution in [0, 0.1) is 5.82 Å². The Hall–Kier alpha value is -1.96. The topological polar surface area (TPSA) is 57.7 Å². The lowest BCUT2D eigenvalue weighted by molar-refractivity contribution is 0.0613. The van der Waals surface area contributed by atoms with E-state index in [9.17, 15) is 17.6 Å². The highest BCUT2D eigenvalue weighted by Gasteiger charge is 2.30. The first-order valence-electron chi connectivity index (χ1n) is 9.47. The quantitative estimate of drug-likeness (QED) is 0.709. The van der Waals surface area contributed by atoms with Gasteiger partial charge in [-0.05, 0) is 61.6 Å². The number of nitrogens with zero attached hydrogens (tertiary/aromatic N) is 2. The van der Waals surface area contributed by atoms with Crippen LogP contribution in [0.25, 0.3) is 0 Å². The molecule has 3 rings (SSSR count). The van der Waals surface area contributed by atoms with Crippen molar-refractivity contribution in [1.82, 2.24) is 9.21 Å². The Morgan fingerprint density at radius 2 is 1.86 bits per heavy atom. The zero-order valence-corrected chi connectivity index (χ0v) is 18.0. The van der Waals surface area contributed by atoms with E-state index < -0.39 is 10.0 Å². The third-order valence-corrected chi connectivity index (χ3v) is 7.36. The van der Waals surface area contributed by atoms with E-state index >= 15 is 0 Å². The standard InChI is InChI=1S/C21H24ClFN2O3S/c1-24(2)29(27,28)18-10-11-20(22)19(14-18)21(26)25-12-4-3-5-17(25)13-15-6-8-16(23)9-7-15/h6-11,14,17H,3-5,12-13H2,1-2H3. The zero-order valence-electron chi connectivity index (χ0n) is 16.4. The van der Waals surface area contributed by atoms with Crippen LogP contribution >= 0.6 is 11.6 Å². The zero-order chi connectivity index (χ0) is 21.2. The van der Waals surface area contributed by atoms with Crippen molar-refractivity contribution in [2.75, 3.05) is 20.6 Å². The molecule has 1 aliphatic rings. The SMILES string of the molecule is CN(C)S(=O)(=O)c1ccc(Cl)c(C(=O)N2CCCCC2Cc2ccc(F)cc2)c1. The third-order valence-electron chi connectivity index (χ3n) is 5.22. The second-order valence-electron chi connectivity index (χ2n) is 7.41. The van der Waals surface area contributed by atoms with E-state index in [-0.39, 0.29) is 33.2 Å². The number of sulfonamides is 1. The average Bonchev–Trinajstić information content (AvgIpc) is 2.69. The summed E-state index contributed by atoms with van der Waals surface area (Å²) in [5.74, 6) is -0.575. The van der Waals surface area contributed by atoms with Crippen LogP contribution in [0.3, 0.4) is 0 Å². The molecule has 0 saturated carbocycles. The van der Waals surface area contributed by atoms with Crippen LogP contribution in [0.15, 0.2) is 47.4 Å². The maximum Gasteiger partial charge on any atom is 0.255 e. The molecule has 1 atom stereocenters. The number of hydrogen-bond acceptors (Lipinski definition) is 3. The van der Waals surface area contributed by atoms with Gasteiger partial charge < -0.3 is 4.90 Å². The molecule has 1 unspecified atom stereocenters. The number of amides is 1. The van der Waals surface area contributed by atoms with Crippen LogP contribution in [-0.2, 0) is 16.4 Å². The molecule has 1 heterocycles. The largest absolute Gasteiger partial charge is 0.335 e. The van der Waals surface area contributed by atoms with Gasteiger partial charge in [-0.1, -0.05) is 23.7 Å². The summed E-state index contributed by atoms with van der Waals surface area (Å²) in [6, 6.07) is 10.4. The van der Waals surface area contributed by atoms with Crippen molar-refractivity contribution in [3.8, 4) is 0 Å². The number of likely N-dealkylation sites (tertiary alicyclic amines) is 1. The van der Waals surface area contributed by atoms with Crippen molar-refractivity contribution < 1.29 is 17.6 Å². The summed E-state index contributed by atoms with van der Waals surface area (Å²) in [6.45, 7) is 0.575. The fourth-order valence-electron chi connectivity index (χ4n) is 3.57. The number of carbonyl (C=O) groups is 1. The lowest BCUT2D eigenvalue weighted by Crippen LogP contribution is -2.45. The maximum atomic E-state index is 13.3. The summed E-state index contributed by atoms with van der Waals surface area (Å²) < 4.78 is 39.2. The number of benzene rings is 2. The molecule has 0 N–H and O–H groups in total. The van der Waals surface area contributed by atoms with Crippen LogP contribution in [0.5, 0.6) is 0 Å². The fourth-order valence-corrected chi connectivity index (χ4v) is 4.69. The van der Waals surface area contributed by atoms with E-state index in [0.29, 0.717) is 13.0 Å². The van der Waals surface area contributed by atoms with E-state index in [0.717, 1.165) is 29.1 Å². The van der Waals surface area contributed by atoms with Gasteiger partial charge in [0.25, 0.3) is 5.91 Å². The third kappa shape index (κ3) is 4.79. The summed E-state index contributed by atoms with van der Waals surface area (Å²) >= 11 is 6.27. The molecule has 1 saturated heterocycles. The van der Waals surface area contributed by atoms with Crippen molar-refractivity contribution in [2.45, 2.75) is 36.6 Å². The number of carbonyl (C=O) groups excluding carboxylic acids is 1. The molecule has 2 aromatic carbocycles. The first-order chi connectivity index (χ1) is 13.7. The smallest absolute Gasteiger partial charge is 0.255 e. The highest BCUT2D eigenvalue weighted by Crippen LogP contribution is 2.28. The molecule has 1 amide bonds. The minimum Gasteiger partial charge on any atom is -0.335 e. The van der Waals surface area contributed by atoms with Gasteiger partial charge in [-0.2, -0.15) is 0 Å². The van der Waals surface area contributed by atoms with Gasteiger partial charge in [-0.15, -0.1) is 0 Å². The Morgan fingerprint density at radius 3 is 2.52 bits per heavy atom. The lowest BCUT2D eigenvalue weighted by Gasteiger charge is -2.36. The molecule has 29 heavy (non-hydrogen) atoms. The van der Waals surface area contributed by atoms with Crippen molar-refractivity contribution in [3.05, 3.63) is 64.4 Å². The van der Waals surface area contributed by atoms with Gasteiger partial charge >= 0.3 is 0 Å². The highest BCUT2D eigenvalue weighted by atomic mass is 35.5. The molecule has 8 heteroatoms. The number of halogens is 2. The Labute approximate surface area is 176 Å². The average molecular weight is 439 g/mol. The number of rotatable bonds is 5. The van der Waals surface area contributed by atoms with E-state index in [4.69, 9.17) is 11.6 Å². The summed E-state index contributed by atoms with van der Waals surface area (Å²) in [6.07, 6.45) is 3.31. The molecular formula is C21H24ClFN2O3S. The van der Waals surface area contributed by atoms with Crippen LogP contribution in [0.4, 0.5) is 4.39 Å². The molecule has 2 aromatic rings. The fraction of sp³-hybridized carbons (Fsp3) is 0.381. The van der Waals surface area contributed by atoms with Gasteiger partial charge in [0.1, 0.15) is 5.82 Å². The Morgan fingerprint density at radius 1 is 1.17 bits per heavy atom. The minimum absolute atomic E-state index is 0.0299. The molecule has 0 aliphatic carbocycles. The molecule has 0 spiro atoms. The second-order valence-corrected chi connectivity index (χ2v) is 9.97.